The zero-order valence-corrected chi connectivity index (χ0v) is 10.5. The monoisotopic (exact) mass is 223 g/mol. The van der Waals surface area contributed by atoms with Gasteiger partial charge in [0.2, 0.25) is 0 Å². The molecule has 90 valence electrons. The van der Waals surface area contributed by atoms with Gasteiger partial charge in [0, 0.05) is 37.0 Å². The highest BCUT2D eigenvalue weighted by atomic mass is 16.5. The zero-order valence-electron chi connectivity index (χ0n) is 10.5. The van der Waals surface area contributed by atoms with Crippen molar-refractivity contribution in [2.45, 2.75) is 45.4 Å². The van der Waals surface area contributed by atoms with Crippen molar-refractivity contribution in [3.8, 4) is 0 Å². The molecule has 3 unspecified atom stereocenters. The number of hydrogen-bond acceptors (Lipinski definition) is 3. The molecule has 2 rings (SSSR count). The van der Waals surface area contributed by atoms with Crippen molar-refractivity contribution in [1.29, 1.82) is 0 Å². The summed E-state index contributed by atoms with van der Waals surface area (Å²) in [5, 5.41) is 7.90. The lowest BCUT2D eigenvalue weighted by molar-refractivity contribution is 0.111. The predicted octanol–water partition coefficient (Wildman–Crippen LogP) is 1.56. The Morgan fingerprint density at radius 3 is 2.88 bits per heavy atom. The summed E-state index contributed by atoms with van der Waals surface area (Å²) in [5.74, 6) is 0. The minimum absolute atomic E-state index is 0.319. The van der Waals surface area contributed by atoms with Gasteiger partial charge >= 0.3 is 0 Å². The molecule has 1 aromatic heterocycles. The lowest BCUT2D eigenvalue weighted by Gasteiger charge is -2.21. The largest absolute Gasteiger partial charge is 0.377 e. The molecule has 0 aliphatic carbocycles. The Labute approximate surface area is 97.0 Å². The first kappa shape index (κ1) is 11.6. The van der Waals surface area contributed by atoms with E-state index in [1.807, 2.05) is 17.9 Å². The maximum absolute atomic E-state index is 5.55. The fourth-order valence-corrected chi connectivity index (χ4v) is 2.30. The number of aromatic nitrogens is 2. The molecule has 1 aliphatic heterocycles. The second-order valence-electron chi connectivity index (χ2n) is 4.67. The van der Waals surface area contributed by atoms with Gasteiger partial charge in [-0.2, -0.15) is 5.10 Å². The zero-order chi connectivity index (χ0) is 11.7. The molecule has 1 N–H and O–H groups in total. The van der Waals surface area contributed by atoms with E-state index in [0.717, 1.165) is 13.0 Å². The lowest BCUT2D eigenvalue weighted by Crippen LogP contribution is -2.36. The van der Waals surface area contributed by atoms with Crippen molar-refractivity contribution in [1.82, 2.24) is 15.1 Å². The maximum atomic E-state index is 5.55. The molecule has 16 heavy (non-hydrogen) atoms. The Bertz CT molecular complexity index is 361. The van der Waals surface area contributed by atoms with Crippen LogP contribution in [0.5, 0.6) is 0 Å². The topological polar surface area (TPSA) is 39.1 Å². The van der Waals surface area contributed by atoms with Crippen molar-refractivity contribution in [2.24, 2.45) is 7.05 Å². The average Bonchev–Trinajstić information content (AvgIpc) is 2.77. The normalized spacial score (nSPS) is 27.2. The molecular formula is C12H21N3O. The van der Waals surface area contributed by atoms with E-state index in [-0.39, 0.29) is 0 Å². The molecule has 1 aliphatic rings. The molecular weight excluding hydrogens is 202 g/mol. The van der Waals surface area contributed by atoms with E-state index in [2.05, 4.69) is 31.2 Å². The summed E-state index contributed by atoms with van der Waals surface area (Å²) in [7, 11) is 1.98. The Kier molecular flexibility index (Phi) is 3.30. The summed E-state index contributed by atoms with van der Waals surface area (Å²) in [6, 6.07) is 0.803. The molecule has 3 atom stereocenters. The SMILES string of the molecule is Cc1c(C(C)NC2CCOC2C)cnn1C. The number of hydrogen-bond donors (Lipinski definition) is 1. The standard InChI is InChI=1S/C12H21N3O/c1-8(11-7-13-15(4)9(11)2)14-12-5-6-16-10(12)3/h7-8,10,12,14H,5-6H2,1-4H3. The van der Waals surface area contributed by atoms with Crippen LogP contribution >= 0.6 is 0 Å². The second kappa shape index (κ2) is 4.55. The maximum Gasteiger partial charge on any atom is 0.0700 e. The first-order valence-corrected chi connectivity index (χ1v) is 5.95. The van der Waals surface area contributed by atoms with Crippen LogP contribution in [-0.4, -0.2) is 28.5 Å². The van der Waals surface area contributed by atoms with Crippen LogP contribution in [0, 0.1) is 6.92 Å². The molecule has 2 heterocycles. The molecule has 0 bridgehead atoms. The Hall–Kier alpha value is -0.870. The van der Waals surface area contributed by atoms with Crippen LogP contribution in [0.3, 0.4) is 0 Å². The van der Waals surface area contributed by atoms with E-state index in [1.165, 1.54) is 11.3 Å². The summed E-state index contributed by atoms with van der Waals surface area (Å²) >= 11 is 0. The average molecular weight is 223 g/mol. The van der Waals surface area contributed by atoms with E-state index >= 15 is 0 Å². The molecule has 1 aromatic rings. The van der Waals surface area contributed by atoms with Crippen molar-refractivity contribution in [2.75, 3.05) is 6.61 Å². The van der Waals surface area contributed by atoms with E-state index in [1.54, 1.807) is 0 Å². The Morgan fingerprint density at radius 2 is 2.38 bits per heavy atom. The van der Waals surface area contributed by atoms with Crippen LogP contribution in [-0.2, 0) is 11.8 Å². The van der Waals surface area contributed by atoms with Crippen LogP contribution < -0.4 is 5.32 Å². The third-order valence-corrected chi connectivity index (χ3v) is 3.58. The fourth-order valence-electron chi connectivity index (χ4n) is 2.30. The Morgan fingerprint density at radius 1 is 1.62 bits per heavy atom. The minimum atomic E-state index is 0.319. The van der Waals surface area contributed by atoms with E-state index in [9.17, 15) is 0 Å². The molecule has 4 nitrogen and oxygen atoms in total. The molecule has 0 aromatic carbocycles. The molecule has 0 radical (unpaired) electrons. The van der Waals surface area contributed by atoms with Crippen molar-refractivity contribution in [3.63, 3.8) is 0 Å². The third-order valence-electron chi connectivity index (χ3n) is 3.58. The number of nitrogens with one attached hydrogen (secondary N) is 1. The van der Waals surface area contributed by atoms with Gasteiger partial charge in [0.15, 0.2) is 0 Å². The second-order valence-corrected chi connectivity index (χ2v) is 4.67. The van der Waals surface area contributed by atoms with Crippen LogP contribution in [0.2, 0.25) is 0 Å². The van der Waals surface area contributed by atoms with Crippen molar-refractivity contribution < 1.29 is 4.74 Å². The molecule has 0 saturated carbocycles. The van der Waals surface area contributed by atoms with Gasteiger partial charge in [-0.15, -0.1) is 0 Å². The van der Waals surface area contributed by atoms with Crippen LogP contribution in [0.1, 0.15) is 37.6 Å². The van der Waals surface area contributed by atoms with Gasteiger partial charge in [-0.05, 0) is 27.2 Å². The predicted molar refractivity (Wildman–Crippen MR) is 63.3 cm³/mol. The number of rotatable bonds is 3. The summed E-state index contributed by atoms with van der Waals surface area (Å²) in [6.45, 7) is 7.30. The third kappa shape index (κ3) is 2.13. The van der Waals surface area contributed by atoms with Crippen LogP contribution in [0.25, 0.3) is 0 Å². The highest BCUT2D eigenvalue weighted by Gasteiger charge is 2.26. The fraction of sp³-hybridized carbons (Fsp3) is 0.750. The Balaban J connectivity index is 2.02. The van der Waals surface area contributed by atoms with Crippen LogP contribution in [0.15, 0.2) is 6.20 Å². The highest BCUT2D eigenvalue weighted by Crippen LogP contribution is 2.20. The highest BCUT2D eigenvalue weighted by molar-refractivity contribution is 5.20. The van der Waals surface area contributed by atoms with E-state index < -0.39 is 0 Å². The van der Waals surface area contributed by atoms with Gasteiger partial charge in [0.1, 0.15) is 0 Å². The van der Waals surface area contributed by atoms with Gasteiger partial charge < -0.3 is 10.1 Å². The summed E-state index contributed by atoms with van der Waals surface area (Å²) in [5.41, 5.74) is 2.51. The summed E-state index contributed by atoms with van der Waals surface area (Å²) in [6.07, 6.45) is 3.37. The van der Waals surface area contributed by atoms with Crippen molar-refractivity contribution >= 4 is 0 Å². The van der Waals surface area contributed by atoms with E-state index in [4.69, 9.17) is 4.74 Å². The first-order valence-electron chi connectivity index (χ1n) is 5.95. The molecule has 0 spiro atoms. The van der Waals surface area contributed by atoms with E-state index in [0.29, 0.717) is 18.2 Å². The lowest BCUT2D eigenvalue weighted by atomic mass is 10.1. The number of nitrogens with zero attached hydrogens (tertiary/aromatic N) is 2. The molecule has 4 heteroatoms. The first-order chi connectivity index (χ1) is 7.59. The quantitative estimate of drug-likeness (QED) is 0.845. The molecule has 1 fully saturated rings. The van der Waals surface area contributed by atoms with Gasteiger partial charge in [0.05, 0.1) is 12.3 Å². The molecule has 1 saturated heterocycles. The summed E-state index contributed by atoms with van der Waals surface area (Å²) < 4.78 is 7.47. The smallest absolute Gasteiger partial charge is 0.0700 e. The van der Waals surface area contributed by atoms with Crippen LogP contribution in [0.4, 0.5) is 0 Å². The minimum Gasteiger partial charge on any atom is -0.377 e. The summed E-state index contributed by atoms with van der Waals surface area (Å²) in [4.78, 5) is 0. The van der Waals surface area contributed by atoms with Gasteiger partial charge in [-0.1, -0.05) is 0 Å². The van der Waals surface area contributed by atoms with Gasteiger partial charge in [-0.25, -0.2) is 0 Å². The van der Waals surface area contributed by atoms with Crippen molar-refractivity contribution in [3.05, 3.63) is 17.5 Å². The van der Waals surface area contributed by atoms with Gasteiger partial charge in [-0.3, -0.25) is 4.68 Å². The number of ether oxygens (including phenoxy) is 1. The number of aryl methyl sites for hydroxylation is 1. The van der Waals surface area contributed by atoms with Gasteiger partial charge in [0.25, 0.3) is 0 Å². The molecule has 0 amide bonds.